The maximum absolute atomic E-state index is 6.34. The highest BCUT2D eigenvalue weighted by Crippen LogP contribution is 2.49. The summed E-state index contributed by atoms with van der Waals surface area (Å²) in [6.07, 6.45) is 8.18. The molecular weight excluding hydrogens is 260 g/mol. The number of benzene rings is 1. The first-order valence-corrected chi connectivity index (χ1v) is 8.63. The van der Waals surface area contributed by atoms with Crippen molar-refractivity contribution in [3.8, 4) is 0 Å². The molecule has 0 radical (unpaired) electrons. The van der Waals surface area contributed by atoms with Crippen LogP contribution in [0.4, 0.5) is 0 Å². The first-order chi connectivity index (χ1) is 8.83. The lowest BCUT2D eigenvalue weighted by atomic mass is 9.69. The van der Waals surface area contributed by atoms with Crippen LogP contribution in [-0.2, 0) is 0 Å². The fourth-order valence-electron chi connectivity index (χ4n) is 3.62. The maximum Gasteiger partial charge on any atom is 0.0280 e. The zero-order chi connectivity index (χ0) is 12.4. The van der Waals surface area contributed by atoms with E-state index in [9.17, 15) is 0 Å². The predicted molar refractivity (Wildman–Crippen MR) is 80.8 cm³/mol. The molecule has 0 spiro atoms. The smallest absolute Gasteiger partial charge is 0.0280 e. The average molecular weight is 281 g/mol. The van der Waals surface area contributed by atoms with Crippen LogP contribution in [0.15, 0.2) is 29.2 Å². The van der Waals surface area contributed by atoms with Crippen LogP contribution in [0.25, 0.3) is 0 Å². The van der Waals surface area contributed by atoms with Gasteiger partial charge in [-0.3, -0.25) is 0 Å². The molecule has 0 saturated heterocycles. The van der Waals surface area contributed by atoms with E-state index in [-0.39, 0.29) is 0 Å². The van der Waals surface area contributed by atoms with Crippen molar-refractivity contribution < 1.29 is 0 Å². The van der Waals surface area contributed by atoms with Gasteiger partial charge in [0.25, 0.3) is 0 Å². The largest absolute Gasteiger partial charge is 0.126 e. The molecule has 1 aromatic rings. The molecule has 1 saturated carbocycles. The summed E-state index contributed by atoms with van der Waals surface area (Å²) in [6.45, 7) is 0. The summed E-state index contributed by atoms with van der Waals surface area (Å²) in [6, 6.07) is 8.94. The second kappa shape index (κ2) is 5.46. The summed E-state index contributed by atoms with van der Waals surface area (Å²) in [4.78, 5) is 1.50. The molecule has 0 aromatic heterocycles. The fraction of sp³-hybridized carbons (Fsp3) is 0.625. The van der Waals surface area contributed by atoms with Crippen LogP contribution < -0.4 is 0 Å². The first-order valence-electron chi connectivity index (χ1n) is 7.11. The van der Waals surface area contributed by atoms with Crippen molar-refractivity contribution in [3.05, 3.63) is 29.8 Å². The molecule has 0 nitrogen and oxygen atoms in total. The third-order valence-corrected chi connectivity index (χ3v) is 6.49. The second-order valence-corrected chi connectivity index (χ2v) is 7.27. The average Bonchev–Trinajstić information content (AvgIpc) is 2.83. The van der Waals surface area contributed by atoms with Crippen LogP contribution in [-0.4, -0.2) is 11.6 Å². The Morgan fingerprint density at radius 1 is 1.17 bits per heavy atom. The van der Waals surface area contributed by atoms with E-state index in [1.807, 2.05) is 11.8 Å². The van der Waals surface area contributed by atoms with E-state index < -0.39 is 0 Å². The van der Waals surface area contributed by atoms with Gasteiger partial charge in [0.15, 0.2) is 0 Å². The van der Waals surface area contributed by atoms with E-state index in [2.05, 4.69) is 24.3 Å². The Morgan fingerprint density at radius 2 is 1.94 bits per heavy atom. The van der Waals surface area contributed by atoms with Crippen molar-refractivity contribution in [2.75, 3.05) is 11.6 Å². The van der Waals surface area contributed by atoms with Gasteiger partial charge < -0.3 is 0 Å². The first kappa shape index (κ1) is 12.9. The minimum Gasteiger partial charge on any atom is -0.126 e. The Hall–Kier alpha value is -0.140. The van der Waals surface area contributed by atoms with Crippen LogP contribution in [0, 0.1) is 5.41 Å². The highest BCUT2D eigenvalue weighted by molar-refractivity contribution is 7.99. The molecule has 3 rings (SSSR count). The lowest BCUT2D eigenvalue weighted by Gasteiger charge is -2.37. The molecular formula is C16H21ClS. The monoisotopic (exact) mass is 280 g/mol. The van der Waals surface area contributed by atoms with E-state index in [1.54, 1.807) is 5.56 Å². The van der Waals surface area contributed by atoms with Crippen molar-refractivity contribution >= 4 is 23.4 Å². The van der Waals surface area contributed by atoms with Crippen molar-refractivity contribution in [2.45, 2.75) is 49.3 Å². The van der Waals surface area contributed by atoms with Gasteiger partial charge in [-0.2, -0.15) is 0 Å². The van der Waals surface area contributed by atoms with Gasteiger partial charge >= 0.3 is 0 Å². The quantitative estimate of drug-likeness (QED) is 0.663. The van der Waals surface area contributed by atoms with E-state index in [1.165, 1.54) is 49.2 Å². The molecule has 0 bridgehead atoms. The van der Waals surface area contributed by atoms with E-state index in [0.717, 1.165) is 11.8 Å². The van der Waals surface area contributed by atoms with Gasteiger partial charge in [-0.25, -0.2) is 0 Å². The molecule has 0 N–H and O–H groups in total. The normalized spacial score (nSPS) is 25.9. The summed E-state index contributed by atoms with van der Waals surface area (Å²) in [7, 11) is 0. The van der Waals surface area contributed by atoms with Crippen molar-refractivity contribution in [1.82, 2.24) is 0 Å². The summed E-state index contributed by atoms with van der Waals surface area (Å²) in [5.74, 6) is 2.86. The zero-order valence-electron chi connectivity index (χ0n) is 10.8. The maximum atomic E-state index is 6.34. The fourth-order valence-corrected chi connectivity index (χ4v) is 5.25. The zero-order valence-corrected chi connectivity index (χ0v) is 12.4. The summed E-state index contributed by atoms with van der Waals surface area (Å²) in [5.41, 5.74) is 2.01. The van der Waals surface area contributed by atoms with Crippen LogP contribution >= 0.6 is 23.4 Å². The Balaban J connectivity index is 1.77. The van der Waals surface area contributed by atoms with Crippen molar-refractivity contribution in [1.29, 1.82) is 0 Å². The van der Waals surface area contributed by atoms with Crippen molar-refractivity contribution in [2.24, 2.45) is 5.41 Å². The number of hydrogen-bond acceptors (Lipinski definition) is 1. The third-order valence-electron chi connectivity index (χ3n) is 4.68. The second-order valence-electron chi connectivity index (χ2n) is 5.94. The Labute approximate surface area is 119 Å². The lowest BCUT2D eigenvalue weighted by Crippen LogP contribution is -2.28. The van der Waals surface area contributed by atoms with Gasteiger partial charge in [-0.1, -0.05) is 37.5 Å². The highest BCUT2D eigenvalue weighted by Gasteiger charge is 2.36. The number of fused-ring (bicyclic) bond motifs is 1. The van der Waals surface area contributed by atoms with E-state index in [4.69, 9.17) is 11.6 Å². The number of hydrogen-bond donors (Lipinski definition) is 0. The predicted octanol–water partition coefficient (Wildman–Crippen LogP) is 5.46. The number of alkyl halides is 1. The van der Waals surface area contributed by atoms with Gasteiger partial charge in [-0.05, 0) is 42.2 Å². The molecule has 18 heavy (non-hydrogen) atoms. The van der Waals surface area contributed by atoms with Crippen LogP contribution in [0.1, 0.15) is 50.0 Å². The molecule has 1 atom stereocenters. The standard InChI is InChI=1S/C16H21ClS/c17-12-16(8-4-1-5-9-16)10-13-11-18-15-7-3-2-6-14(13)15/h2-3,6-7,13H,1,4-5,8-12H2. The van der Waals surface area contributed by atoms with E-state index >= 15 is 0 Å². The van der Waals surface area contributed by atoms with Crippen LogP contribution in [0.5, 0.6) is 0 Å². The molecule has 1 fully saturated rings. The van der Waals surface area contributed by atoms with Crippen LogP contribution in [0.3, 0.4) is 0 Å². The Bertz CT molecular complexity index is 409. The molecule has 1 aliphatic heterocycles. The molecule has 2 heteroatoms. The summed E-state index contributed by atoms with van der Waals surface area (Å²) >= 11 is 8.37. The Morgan fingerprint density at radius 3 is 2.72 bits per heavy atom. The molecule has 0 amide bonds. The van der Waals surface area contributed by atoms with Gasteiger partial charge in [0, 0.05) is 16.5 Å². The topological polar surface area (TPSA) is 0 Å². The lowest BCUT2D eigenvalue weighted by molar-refractivity contribution is 0.193. The van der Waals surface area contributed by atoms with Crippen LogP contribution in [0.2, 0.25) is 0 Å². The molecule has 1 unspecified atom stereocenters. The van der Waals surface area contributed by atoms with Crippen molar-refractivity contribution in [3.63, 3.8) is 0 Å². The van der Waals surface area contributed by atoms with Gasteiger partial charge in [0.05, 0.1) is 0 Å². The molecule has 1 aliphatic carbocycles. The Kier molecular flexibility index (Phi) is 3.91. The molecule has 2 aliphatic rings. The minimum atomic E-state index is 0.433. The highest BCUT2D eigenvalue weighted by atomic mass is 35.5. The summed E-state index contributed by atoms with van der Waals surface area (Å²) < 4.78 is 0. The number of thioether (sulfide) groups is 1. The SMILES string of the molecule is ClCC1(CC2CSc3ccccc32)CCCCC1. The molecule has 98 valence electrons. The molecule has 1 aromatic carbocycles. The van der Waals surface area contributed by atoms with Gasteiger partial charge in [0.2, 0.25) is 0 Å². The number of halogens is 1. The van der Waals surface area contributed by atoms with Gasteiger partial charge in [0.1, 0.15) is 0 Å². The third kappa shape index (κ3) is 2.44. The van der Waals surface area contributed by atoms with Gasteiger partial charge in [-0.15, -0.1) is 23.4 Å². The van der Waals surface area contributed by atoms with E-state index in [0.29, 0.717) is 5.41 Å². The molecule has 1 heterocycles. The summed E-state index contributed by atoms with van der Waals surface area (Å²) in [5, 5.41) is 0. The number of rotatable bonds is 3. The minimum absolute atomic E-state index is 0.433.